The van der Waals surface area contributed by atoms with Crippen molar-refractivity contribution < 1.29 is 52.8 Å². The predicted octanol–water partition coefficient (Wildman–Crippen LogP) is -0.520. The standard InChI is InChI=1S/C14H11O.C7H9.2ClH.Zr/c1-15-13-8-4-6-11-9-10-5-2-3-7-12(10)14(11)13;1-6-4-3-5-7(6)2;;;/h2-9H,1H3;4H,3H2,1-2H3;2*1H;/q;;;;+2/p-2. The van der Waals surface area contributed by atoms with Crippen LogP contribution in [0.2, 0.25) is 0 Å². The Labute approximate surface area is 173 Å². The molecule has 2 aliphatic carbocycles. The molecule has 0 bridgehead atoms. The fourth-order valence-electron chi connectivity index (χ4n) is 3.69. The molecule has 4 rings (SSSR count). The molecule has 0 amide bonds. The predicted molar refractivity (Wildman–Crippen MR) is 91.3 cm³/mol. The van der Waals surface area contributed by atoms with Gasteiger partial charge in [0.05, 0.1) is 0 Å². The van der Waals surface area contributed by atoms with E-state index in [9.17, 15) is 0 Å². The fourth-order valence-corrected chi connectivity index (χ4v) is 8.08. The smallest absolute Gasteiger partial charge is 1.00 e. The number of hydrogen-bond donors (Lipinski definition) is 0. The molecule has 25 heavy (non-hydrogen) atoms. The number of benzene rings is 2. The molecular weight excluding hydrogens is 430 g/mol. The summed E-state index contributed by atoms with van der Waals surface area (Å²) < 4.78 is 8.03. The first-order valence-corrected chi connectivity index (χ1v) is 10.7. The summed E-state index contributed by atoms with van der Waals surface area (Å²) in [5, 5.41) is 0. The van der Waals surface area contributed by atoms with Crippen LogP contribution in [0.25, 0.3) is 11.1 Å². The van der Waals surface area contributed by atoms with Gasteiger partial charge < -0.3 is 24.8 Å². The molecule has 0 heterocycles. The molecule has 128 valence electrons. The van der Waals surface area contributed by atoms with Crippen LogP contribution in [0.1, 0.15) is 35.0 Å². The average molecular weight is 451 g/mol. The Kier molecular flexibility index (Phi) is 6.76. The monoisotopic (exact) mass is 448 g/mol. The Bertz CT molecular complexity index is 855. The van der Waals surface area contributed by atoms with E-state index in [4.69, 9.17) is 4.74 Å². The second-order valence-electron chi connectivity index (χ2n) is 6.28. The summed E-state index contributed by atoms with van der Waals surface area (Å²) >= 11 is -0.718. The fraction of sp³-hybridized carbons (Fsp3) is 0.238. The molecule has 1 unspecified atom stereocenters. The zero-order valence-corrected chi connectivity index (χ0v) is 18.5. The number of allylic oxidation sites excluding steroid dienone is 4. The topological polar surface area (TPSA) is 9.23 Å². The van der Waals surface area contributed by atoms with Gasteiger partial charge in [-0.1, -0.05) is 0 Å². The van der Waals surface area contributed by atoms with Crippen molar-refractivity contribution in [3.05, 3.63) is 74.1 Å². The summed E-state index contributed by atoms with van der Waals surface area (Å²) in [6.07, 6.45) is 3.58. The normalized spacial score (nSPS) is 16.9. The summed E-state index contributed by atoms with van der Waals surface area (Å²) in [5.41, 5.74) is 8.76. The van der Waals surface area contributed by atoms with Crippen LogP contribution in [0.5, 0.6) is 5.75 Å². The van der Waals surface area contributed by atoms with Crippen molar-refractivity contribution in [2.75, 3.05) is 7.11 Å². The Morgan fingerprint density at radius 3 is 2.36 bits per heavy atom. The van der Waals surface area contributed by atoms with E-state index in [1.807, 2.05) is 0 Å². The number of ether oxygens (including phenoxy) is 1. The molecule has 1 atom stereocenters. The second kappa shape index (κ2) is 8.25. The summed E-state index contributed by atoms with van der Waals surface area (Å²) in [6.45, 7) is 4.56. The van der Waals surface area contributed by atoms with Crippen molar-refractivity contribution in [1.29, 1.82) is 0 Å². The zero-order valence-electron chi connectivity index (χ0n) is 14.6. The molecular formula is C21H20Cl2OZr. The van der Waals surface area contributed by atoms with E-state index < -0.39 is 23.2 Å². The van der Waals surface area contributed by atoms with Gasteiger partial charge in [0.15, 0.2) is 0 Å². The molecule has 0 fully saturated rings. The maximum Gasteiger partial charge on any atom is -1.00 e. The van der Waals surface area contributed by atoms with Crippen LogP contribution >= 0.6 is 0 Å². The summed E-state index contributed by atoms with van der Waals surface area (Å²) in [6, 6.07) is 15.5. The Morgan fingerprint density at radius 2 is 1.68 bits per heavy atom. The van der Waals surface area contributed by atoms with Gasteiger partial charge >= 0.3 is 150 Å². The van der Waals surface area contributed by atoms with E-state index in [1.54, 1.807) is 16.0 Å². The van der Waals surface area contributed by atoms with Crippen molar-refractivity contribution >= 4 is 0 Å². The van der Waals surface area contributed by atoms with Gasteiger partial charge in [-0.15, -0.1) is 0 Å². The van der Waals surface area contributed by atoms with E-state index in [0.717, 1.165) is 5.75 Å². The number of fused-ring (bicyclic) bond motifs is 3. The third-order valence-electron chi connectivity index (χ3n) is 5.11. The SMILES string of the molecule is COc1cccc2c1-c1ccccc1[CH]2[Zr+2][C]1=C(C)C(C)=CC1.[Cl-].[Cl-]. The van der Waals surface area contributed by atoms with Crippen molar-refractivity contribution in [3.8, 4) is 16.9 Å². The van der Waals surface area contributed by atoms with Gasteiger partial charge in [-0.2, -0.15) is 0 Å². The molecule has 0 saturated heterocycles. The van der Waals surface area contributed by atoms with Crippen LogP contribution in [-0.4, -0.2) is 7.11 Å². The van der Waals surface area contributed by atoms with Crippen LogP contribution in [0.15, 0.2) is 63.0 Å². The third kappa shape index (κ3) is 3.42. The molecule has 2 aliphatic rings. The van der Waals surface area contributed by atoms with E-state index in [-0.39, 0.29) is 24.8 Å². The van der Waals surface area contributed by atoms with E-state index >= 15 is 0 Å². The van der Waals surface area contributed by atoms with Crippen molar-refractivity contribution in [2.24, 2.45) is 0 Å². The number of hydrogen-bond acceptors (Lipinski definition) is 1. The minimum absolute atomic E-state index is 0. The minimum atomic E-state index is -0.718. The van der Waals surface area contributed by atoms with Crippen LogP contribution in [0, 0.1) is 0 Å². The molecule has 0 spiro atoms. The Balaban J connectivity index is 0.00000113. The first kappa shape index (κ1) is 20.5. The molecule has 0 aromatic heterocycles. The van der Waals surface area contributed by atoms with Gasteiger partial charge in [-0.05, 0) is 0 Å². The average Bonchev–Trinajstić information content (AvgIpc) is 3.08. The van der Waals surface area contributed by atoms with Gasteiger partial charge in [0, 0.05) is 0 Å². The molecule has 2 aromatic rings. The van der Waals surface area contributed by atoms with Gasteiger partial charge in [0.25, 0.3) is 0 Å². The molecule has 0 N–H and O–H groups in total. The Hall–Kier alpha value is -0.817. The van der Waals surface area contributed by atoms with Crippen molar-refractivity contribution in [1.82, 2.24) is 0 Å². The first-order valence-electron chi connectivity index (χ1n) is 8.10. The van der Waals surface area contributed by atoms with Crippen LogP contribution < -0.4 is 29.6 Å². The first-order chi connectivity index (χ1) is 11.2. The molecule has 0 radical (unpaired) electrons. The van der Waals surface area contributed by atoms with E-state index in [2.05, 4.69) is 62.4 Å². The maximum absolute atomic E-state index is 5.67. The van der Waals surface area contributed by atoms with Gasteiger partial charge in [0.1, 0.15) is 0 Å². The number of halogens is 2. The molecule has 1 nitrogen and oxygen atoms in total. The second-order valence-corrected chi connectivity index (χ2v) is 9.90. The largest absolute Gasteiger partial charge is 1.00 e. The molecule has 4 heteroatoms. The van der Waals surface area contributed by atoms with Gasteiger partial charge in [-0.25, -0.2) is 0 Å². The van der Waals surface area contributed by atoms with E-state index in [0.29, 0.717) is 3.63 Å². The van der Waals surface area contributed by atoms with Crippen LogP contribution in [0.3, 0.4) is 0 Å². The molecule has 2 aromatic carbocycles. The summed E-state index contributed by atoms with van der Waals surface area (Å²) in [4.78, 5) is 0. The third-order valence-corrected chi connectivity index (χ3v) is 9.62. The van der Waals surface area contributed by atoms with Crippen molar-refractivity contribution in [3.63, 3.8) is 0 Å². The quantitative estimate of drug-likeness (QED) is 0.612. The molecule has 0 saturated carbocycles. The minimum Gasteiger partial charge on any atom is -1.00 e. The van der Waals surface area contributed by atoms with Gasteiger partial charge in [-0.3, -0.25) is 0 Å². The number of rotatable bonds is 3. The molecule has 0 aliphatic heterocycles. The van der Waals surface area contributed by atoms with Crippen molar-refractivity contribution in [2.45, 2.75) is 23.9 Å². The van der Waals surface area contributed by atoms with Crippen LogP contribution in [-0.2, 0) is 23.2 Å². The summed E-state index contributed by atoms with van der Waals surface area (Å²) in [5.74, 6) is 1.02. The Morgan fingerprint density at radius 1 is 0.960 bits per heavy atom. The van der Waals surface area contributed by atoms with E-state index in [1.165, 1.54) is 34.2 Å². The zero-order chi connectivity index (χ0) is 16.0. The number of methoxy groups -OCH3 is 1. The van der Waals surface area contributed by atoms with Crippen LogP contribution in [0.4, 0.5) is 0 Å². The summed E-state index contributed by atoms with van der Waals surface area (Å²) in [7, 11) is 1.78. The van der Waals surface area contributed by atoms with Gasteiger partial charge in [0.2, 0.25) is 0 Å². The maximum atomic E-state index is 5.67.